The molecule has 1 rings (SSSR count). The van der Waals surface area contributed by atoms with Gasteiger partial charge in [-0.3, -0.25) is 11.3 Å². The zero-order chi connectivity index (χ0) is 12.0. The molecule has 0 spiro atoms. The van der Waals surface area contributed by atoms with Crippen LogP contribution in [0, 0.1) is 0 Å². The van der Waals surface area contributed by atoms with Gasteiger partial charge in [-0.2, -0.15) is 0 Å². The zero-order valence-electron chi connectivity index (χ0n) is 9.87. The number of hydrogen-bond donors (Lipinski definition) is 2. The van der Waals surface area contributed by atoms with Crippen LogP contribution in [0.25, 0.3) is 0 Å². The van der Waals surface area contributed by atoms with Gasteiger partial charge in [0.15, 0.2) is 11.5 Å². The summed E-state index contributed by atoms with van der Waals surface area (Å²) in [6.45, 7) is 1.07. The summed E-state index contributed by atoms with van der Waals surface area (Å²) in [6, 6.07) is 3.79. The summed E-state index contributed by atoms with van der Waals surface area (Å²) in [4.78, 5) is 0. The van der Waals surface area contributed by atoms with Crippen molar-refractivity contribution in [2.45, 2.75) is 13.2 Å². The summed E-state index contributed by atoms with van der Waals surface area (Å²) in [5.41, 5.74) is 4.68. The Balaban J connectivity index is 3.12. The van der Waals surface area contributed by atoms with Crippen LogP contribution in [0.2, 0.25) is 0 Å². The maximum atomic E-state index is 5.32. The van der Waals surface area contributed by atoms with E-state index in [1.807, 2.05) is 12.1 Å². The normalized spacial score (nSPS) is 10.2. The van der Waals surface area contributed by atoms with Crippen molar-refractivity contribution in [2.75, 3.05) is 21.3 Å². The van der Waals surface area contributed by atoms with Crippen molar-refractivity contribution in [3.05, 3.63) is 23.3 Å². The maximum Gasteiger partial charge on any atom is 0.161 e. The molecule has 5 heteroatoms. The first-order chi connectivity index (χ1) is 7.76. The molecule has 90 valence electrons. The van der Waals surface area contributed by atoms with Gasteiger partial charge in [-0.15, -0.1) is 0 Å². The standard InChI is InChI=1S/C11H18N2O3/c1-14-7-9-5-11(16-3)10(15-2)4-8(9)6-13-12/h4-5,13H,6-7,12H2,1-3H3. The molecule has 0 bridgehead atoms. The van der Waals surface area contributed by atoms with E-state index in [1.54, 1.807) is 21.3 Å². The zero-order valence-corrected chi connectivity index (χ0v) is 9.87. The predicted molar refractivity (Wildman–Crippen MR) is 61.3 cm³/mol. The minimum atomic E-state index is 0.511. The minimum absolute atomic E-state index is 0.511. The van der Waals surface area contributed by atoms with Crippen LogP contribution < -0.4 is 20.7 Å². The Labute approximate surface area is 95.5 Å². The summed E-state index contributed by atoms with van der Waals surface area (Å²) >= 11 is 0. The molecule has 0 saturated carbocycles. The first kappa shape index (κ1) is 12.8. The number of rotatable bonds is 6. The molecule has 0 unspecified atom stereocenters. The quantitative estimate of drug-likeness (QED) is 0.555. The molecule has 0 saturated heterocycles. The van der Waals surface area contributed by atoms with Gasteiger partial charge >= 0.3 is 0 Å². The average Bonchev–Trinajstić information content (AvgIpc) is 2.31. The molecule has 0 aliphatic heterocycles. The lowest BCUT2D eigenvalue weighted by molar-refractivity contribution is 0.183. The average molecular weight is 226 g/mol. The topological polar surface area (TPSA) is 65.7 Å². The van der Waals surface area contributed by atoms with E-state index in [0.717, 1.165) is 11.1 Å². The number of methoxy groups -OCH3 is 3. The van der Waals surface area contributed by atoms with Crippen molar-refractivity contribution >= 4 is 0 Å². The Morgan fingerprint density at radius 2 is 1.62 bits per heavy atom. The van der Waals surface area contributed by atoms with Gasteiger partial charge in [0.05, 0.1) is 20.8 Å². The van der Waals surface area contributed by atoms with Crippen LogP contribution in [0.3, 0.4) is 0 Å². The van der Waals surface area contributed by atoms with Gasteiger partial charge < -0.3 is 14.2 Å². The van der Waals surface area contributed by atoms with E-state index >= 15 is 0 Å². The van der Waals surface area contributed by atoms with Crippen LogP contribution >= 0.6 is 0 Å². The lowest BCUT2D eigenvalue weighted by Crippen LogP contribution is -2.21. The van der Waals surface area contributed by atoms with E-state index in [2.05, 4.69) is 5.43 Å². The second-order valence-electron chi connectivity index (χ2n) is 3.29. The maximum absolute atomic E-state index is 5.32. The highest BCUT2D eigenvalue weighted by Crippen LogP contribution is 2.30. The fourth-order valence-electron chi connectivity index (χ4n) is 1.53. The molecule has 0 fully saturated rings. The van der Waals surface area contributed by atoms with E-state index in [-0.39, 0.29) is 0 Å². The van der Waals surface area contributed by atoms with Gasteiger partial charge in [0.1, 0.15) is 0 Å². The van der Waals surface area contributed by atoms with Gasteiger partial charge in [-0.05, 0) is 23.3 Å². The molecule has 0 amide bonds. The van der Waals surface area contributed by atoms with E-state index in [1.165, 1.54) is 0 Å². The van der Waals surface area contributed by atoms with Crippen molar-refractivity contribution in [3.63, 3.8) is 0 Å². The SMILES string of the molecule is COCc1cc(OC)c(OC)cc1CNN. The van der Waals surface area contributed by atoms with Crippen molar-refractivity contribution in [3.8, 4) is 11.5 Å². The molecule has 3 N–H and O–H groups in total. The van der Waals surface area contributed by atoms with Crippen LogP contribution in [0.4, 0.5) is 0 Å². The van der Waals surface area contributed by atoms with Gasteiger partial charge in [0.25, 0.3) is 0 Å². The summed E-state index contributed by atoms with van der Waals surface area (Å²) in [5, 5.41) is 0. The van der Waals surface area contributed by atoms with Crippen LogP contribution in [0.5, 0.6) is 11.5 Å². The molecular formula is C11H18N2O3. The molecule has 0 radical (unpaired) electrons. The monoisotopic (exact) mass is 226 g/mol. The molecule has 0 atom stereocenters. The van der Waals surface area contributed by atoms with Crippen LogP contribution in [-0.2, 0) is 17.9 Å². The highest BCUT2D eigenvalue weighted by atomic mass is 16.5. The number of ether oxygens (including phenoxy) is 3. The van der Waals surface area contributed by atoms with E-state index in [0.29, 0.717) is 24.7 Å². The molecule has 0 aliphatic rings. The molecule has 1 aromatic rings. The molecular weight excluding hydrogens is 208 g/mol. The number of nitrogens with two attached hydrogens (primary N) is 1. The van der Waals surface area contributed by atoms with E-state index in [9.17, 15) is 0 Å². The van der Waals surface area contributed by atoms with Gasteiger partial charge in [-0.25, -0.2) is 0 Å². The number of nitrogens with one attached hydrogen (secondary N) is 1. The summed E-state index contributed by atoms with van der Waals surface area (Å²) in [5.74, 6) is 6.70. The second kappa shape index (κ2) is 6.32. The van der Waals surface area contributed by atoms with Crippen molar-refractivity contribution < 1.29 is 14.2 Å². The number of hydrogen-bond acceptors (Lipinski definition) is 5. The summed E-state index contributed by atoms with van der Waals surface area (Å²) < 4.78 is 15.6. The molecule has 5 nitrogen and oxygen atoms in total. The minimum Gasteiger partial charge on any atom is -0.493 e. The molecule has 0 aromatic heterocycles. The van der Waals surface area contributed by atoms with E-state index in [4.69, 9.17) is 20.1 Å². The molecule has 0 aliphatic carbocycles. The lowest BCUT2D eigenvalue weighted by atomic mass is 10.1. The largest absolute Gasteiger partial charge is 0.493 e. The fourth-order valence-corrected chi connectivity index (χ4v) is 1.53. The Morgan fingerprint density at radius 1 is 1.06 bits per heavy atom. The number of hydrazine groups is 1. The Kier molecular flexibility index (Phi) is 5.04. The first-order valence-electron chi connectivity index (χ1n) is 4.93. The van der Waals surface area contributed by atoms with Crippen molar-refractivity contribution in [1.29, 1.82) is 0 Å². The third kappa shape index (κ3) is 2.85. The van der Waals surface area contributed by atoms with Crippen molar-refractivity contribution in [1.82, 2.24) is 5.43 Å². The molecule has 0 heterocycles. The highest BCUT2D eigenvalue weighted by molar-refractivity contribution is 5.47. The Bertz CT molecular complexity index is 309. The van der Waals surface area contributed by atoms with Crippen LogP contribution in [0.1, 0.15) is 11.1 Å². The number of benzene rings is 1. The van der Waals surface area contributed by atoms with E-state index < -0.39 is 0 Å². The van der Waals surface area contributed by atoms with Crippen LogP contribution in [-0.4, -0.2) is 21.3 Å². The third-order valence-electron chi connectivity index (χ3n) is 2.30. The predicted octanol–water partition coefficient (Wildman–Crippen LogP) is 0.814. The Morgan fingerprint density at radius 3 is 2.06 bits per heavy atom. The third-order valence-corrected chi connectivity index (χ3v) is 2.30. The Hall–Kier alpha value is -1.30. The lowest BCUT2D eigenvalue weighted by Gasteiger charge is -2.14. The molecule has 1 aromatic carbocycles. The highest BCUT2D eigenvalue weighted by Gasteiger charge is 2.10. The first-order valence-corrected chi connectivity index (χ1v) is 4.93. The van der Waals surface area contributed by atoms with Gasteiger partial charge in [-0.1, -0.05) is 0 Å². The summed E-state index contributed by atoms with van der Waals surface area (Å²) in [6.07, 6.45) is 0. The molecule has 16 heavy (non-hydrogen) atoms. The van der Waals surface area contributed by atoms with Gasteiger partial charge in [0.2, 0.25) is 0 Å². The smallest absolute Gasteiger partial charge is 0.161 e. The van der Waals surface area contributed by atoms with Crippen molar-refractivity contribution in [2.24, 2.45) is 5.84 Å². The van der Waals surface area contributed by atoms with Gasteiger partial charge in [0, 0.05) is 13.7 Å². The second-order valence-corrected chi connectivity index (χ2v) is 3.29. The van der Waals surface area contributed by atoms with Crippen LogP contribution in [0.15, 0.2) is 12.1 Å². The fraction of sp³-hybridized carbons (Fsp3) is 0.455. The summed E-state index contributed by atoms with van der Waals surface area (Å²) in [7, 11) is 4.86.